The Morgan fingerprint density at radius 3 is 2.62 bits per heavy atom. The van der Waals surface area contributed by atoms with Crippen molar-refractivity contribution in [1.29, 1.82) is 0 Å². The highest BCUT2D eigenvalue weighted by atomic mass is 16.1. The zero-order chi connectivity index (χ0) is 9.90. The lowest BCUT2D eigenvalue weighted by Crippen LogP contribution is -2.34. The number of Topliss-reactive ketones (excluding diaryl/α,β-unsaturated/α-hetero) is 1. The van der Waals surface area contributed by atoms with Crippen LogP contribution in [0.25, 0.3) is 0 Å². The summed E-state index contributed by atoms with van der Waals surface area (Å²) in [5.41, 5.74) is 0.163. The Balaban J connectivity index is 1.93. The molecule has 0 aliphatic carbocycles. The van der Waals surface area contributed by atoms with Gasteiger partial charge in [-0.25, -0.2) is 0 Å². The van der Waals surface area contributed by atoms with Crippen LogP contribution in [0.2, 0.25) is 0 Å². The van der Waals surface area contributed by atoms with Crippen molar-refractivity contribution in [2.75, 3.05) is 6.54 Å². The highest BCUT2D eigenvalue weighted by molar-refractivity contribution is 5.75. The Morgan fingerprint density at radius 2 is 2.15 bits per heavy atom. The first-order chi connectivity index (χ1) is 6.04. The first kappa shape index (κ1) is 10.7. The van der Waals surface area contributed by atoms with E-state index in [9.17, 15) is 4.79 Å². The molecular formula is C10H20N2O. The Morgan fingerprint density at radius 1 is 1.54 bits per heavy atom. The fourth-order valence-electron chi connectivity index (χ4n) is 1.46. The molecule has 0 radical (unpaired) electrons. The van der Waals surface area contributed by atoms with Gasteiger partial charge in [-0.1, -0.05) is 0 Å². The van der Waals surface area contributed by atoms with Gasteiger partial charge in [0, 0.05) is 12.5 Å². The maximum absolute atomic E-state index is 10.6. The van der Waals surface area contributed by atoms with Gasteiger partial charge in [-0.15, -0.1) is 0 Å². The number of carbonyl (C=O) groups excluding carboxylic acids is 1. The Labute approximate surface area is 80.3 Å². The van der Waals surface area contributed by atoms with Crippen LogP contribution >= 0.6 is 0 Å². The van der Waals surface area contributed by atoms with E-state index < -0.39 is 0 Å². The van der Waals surface area contributed by atoms with Crippen molar-refractivity contribution in [3.05, 3.63) is 0 Å². The molecule has 0 aromatic heterocycles. The lowest BCUT2D eigenvalue weighted by Gasteiger charge is -2.09. The van der Waals surface area contributed by atoms with Crippen molar-refractivity contribution in [2.24, 2.45) is 0 Å². The van der Waals surface area contributed by atoms with Gasteiger partial charge in [0.05, 0.1) is 5.66 Å². The topological polar surface area (TPSA) is 51.0 Å². The molecule has 1 fully saturated rings. The van der Waals surface area contributed by atoms with Crippen LogP contribution in [0.4, 0.5) is 0 Å². The molecule has 1 heterocycles. The minimum Gasteiger partial charge on any atom is -0.300 e. The van der Waals surface area contributed by atoms with Crippen molar-refractivity contribution in [2.45, 2.75) is 51.7 Å². The van der Waals surface area contributed by atoms with E-state index in [2.05, 4.69) is 24.5 Å². The van der Waals surface area contributed by atoms with E-state index in [0.717, 1.165) is 25.8 Å². The van der Waals surface area contributed by atoms with Crippen molar-refractivity contribution in [3.8, 4) is 0 Å². The average molecular weight is 184 g/mol. The van der Waals surface area contributed by atoms with Gasteiger partial charge >= 0.3 is 0 Å². The molecule has 2 unspecified atom stereocenters. The molecule has 0 bridgehead atoms. The van der Waals surface area contributed by atoms with Crippen molar-refractivity contribution >= 4 is 5.78 Å². The molecule has 1 aliphatic rings. The van der Waals surface area contributed by atoms with Crippen LogP contribution in [0.15, 0.2) is 0 Å². The Bertz CT molecular complexity index is 193. The van der Waals surface area contributed by atoms with Gasteiger partial charge in [-0.05, 0) is 40.2 Å². The number of hydrogen-bond acceptors (Lipinski definition) is 3. The highest BCUT2D eigenvalue weighted by Crippen LogP contribution is 2.21. The molecule has 1 saturated heterocycles. The lowest BCUT2D eigenvalue weighted by atomic mass is 10.2. The first-order valence-corrected chi connectivity index (χ1v) is 5.07. The summed E-state index contributed by atoms with van der Waals surface area (Å²) in [6.07, 6.45) is 2.82. The van der Waals surface area contributed by atoms with E-state index in [1.54, 1.807) is 6.92 Å². The lowest BCUT2D eigenvalue weighted by molar-refractivity contribution is -0.117. The van der Waals surface area contributed by atoms with E-state index in [-0.39, 0.29) is 5.66 Å². The van der Waals surface area contributed by atoms with E-state index in [1.165, 1.54) is 0 Å². The second-order valence-corrected chi connectivity index (χ2v) is 4.15. The van der Waals surface area contributed by atoms with Gasteiger partial charge < -0.3 is 4.79 Å². The van der Waals surface area contributed by atoms with E-state index >= 15 is 0 Å². The molecule has 3 nitrogen and oxygen atoms in total. The van der Waals surface area contributed by atoms with Crippen LogP contribution < -0.4 is 10.6 Å². The highest BCUT2D eigenvalue weighted by Gasteiger charge is 2.44. The molecule has 2 atom stereocenters. The molecule has 0 aromatic rings. The summed E-state index contributed by atoms with van der Waals surface area (Å²) < 4.78 is 0. The van der Waals surface area contributed by atoms with Gasteiger partial charge in [0.15, 0.2) is 0 Å². The Kier molecular flexibility index (Phi) is 3.45. The molecule has 0 aromatic carbocycles. The summed E-state index contributed by atoms with van der Waals surface area (Å²) in [7, 11) is 0. The molecule has 3 heteroatoms. The van der Waals surface area contributed by atoms with Crippen LogP contribution in [0.3, 0.4) is 0 Å². The van der Waals surface area contributed by atoms with Crippen molar-refractivity contribution in [3.63, 3.8) is 0 Å². The zero-order valence-corrected chi connectivity index (χ0v) is 8.81. The van der Waals surface area contributed by atoms with E-state index in [1.807, 2.05) is 0 Å². The minimum atomic E-state index is 0.163. The van der Waals surface area contributed by atoms with Gasteiger partial charge in [0.1, 0.15) is 5.78 Å². The van der Waals surface area contributed by atoms with Crippen LogP contribution in [0, 0.1) is 0 Å². The molecule has 1 rings (SSSR count). The van der Waals surface area contributed by atoms with Crippen molar-refractivity contribution < 1.29 is 4.79 Å². The van der Waals surface area contributed by atoms with Crippen LogP contribution in [-0.4, -0.2) is 24.0 Å². The largest absolute Gasteiger partial charge is 0.300 e. The fraction of sp³-hybridized carbons (Fsp3) is 0.900. The van der Waals surface area contributed by atoms with Crippen LogP contribution in [0.1, 0.15) is 40.0 Å². The maximum atomic E-state index is 10.6. The number of nitrogens with one attached hydrogen (secondary N) is 2. The zero-order valence-electron chi connectivity index (χ0n) is 8.81. The number of rotatable bonds is 6. The SMILES string of the molecule is CC(=O)CCCCNC1(C)NC1C. The molecule has 0 amide bonds. The monoisotopic (exact) mass is 184 g/mol. The third-order valence-electron chi connectivity index (χ3n) is 2.75. The third-order valence-corrected chi connectivity index (χ3v) is 2.75. The van der Waals surface area contributed by atoms with Crippen molar-refractivity contribution in [1.82, 2.24) is 10.6 Å². The van der Waals surface area contributed by atoms with Gasteiger partial charge in [0.25, 0.3) is 0 Å². The van der Waals surface area contributed by atoms with Gasteiger partial charge in [-0.2, -0.15) is 0 Å². The van der Waals surface area contributed by atoms with Crippen LogP contribution in [-0.2, 0) is 4.79 Å². The summed E-state index contributed by atoms with van der Waals surface area (Å²) in [5, 5.41) is 6.76. The molecule has 13 heavy (non-hydrogen) atoms. The number of ketones is 1. The summed E-state index contributed by atoms with van der Waals surface area (Å²) in [6.45, 7) is 6.99. The quantitative estimate of drug-likeness (QED) is 0.479. The first-order valence-electron chi connectivity index (χ1n) is 5.07. The number of hydrogen-bond donors (Lipinski definition) is 2. The normalized spacial score (nSPS) is 31.8. The average Bonchev–Trinajstić information content (AvgIpc) is 2.58. The minimum absolute atomic E-state index is 0.163. The standard InChI is InChI=1S/C10H20N2O/c1-8(13)6-4-5-7-11-10(3)9(2)12-10/h9,11-12H,4-7H2,1-3H3. The summed E-state index contributed by atoms with van der Waals surface area (Å²) >= 11 is 0. The second kappa shape index (κ2) is 4.20. The van der Waals surface area contributed by atoms with E-state index in [4.69, 9.17) is 0 Å². The van der Waals surface area contributed by atoms with Gasteiger partial charge in [-0.3, -0.25) is 10.6 Å². The van der Waals surface area contributed by atoms with Crippen LogP contribution in [0.5, 0.6) is 0 Å². The molecule has 0 spiro atoms. The predicted octanol–water partition coefficient (Wildman–Crippen LogP) is 1.04. The molecule has 2 N–H and O–H groups in total. The smallest absolute Gasteiger partial charge is 0.129 e. The Hall–Kier alpha value is -0.410. The van der Waals surface area contributed by atoms with E-state index in [0.29, 0.717) is 11.8 Å². The number of unbranched alkanes of at least 4 members (excludes halogenated alkanes) is 1. The third kappa shape index (κ3) is 3.44. The fourth-order valence-corrected chi connectivity index (χ4v) is 1.46. The predicted molar refractivity (Wildman–Crippen MR) is 53.5 cm³/mol. The maximum Gasteiger partial charge on any atom is 0.129 e. The summed E-state index contributed by atoms with van der Waals surface area (Å²) in [6, 6.07) is 0.584. The molecule has 0 saturated carbocycles. The molecule has 76 valence electrons. The second-order valence-electron chi connectivity index (χ2n) is 4.15. The molecule has 1 aliphatic heterocycles. The summed E-state index contributed by atoms with van der Waals surface area (Å²) in [4.78, 5) is 10.6. The number of carbonyl (C=O) groups is 1. The van der Waals surface area contributed by atoms with Gasteiger partial charge in [0.2, 0.25) is 0 Å². The summed E-state index contributed by atoms with van der Waals surface area (Å²) in [5.74, 6) is 0.295. The molecular weight excluding hydrogens is 164 g/mol.